The van der Waals surface area contributed by atoms with Crippen LogP contribution in [0.2, 0.25) is 0 Å². The lowest BCUT2D eigenvalue weighted by atomic mass is 10.2. The molecule has 0 aliphatic carbocycles. The first-order valence-corrected chi connectivity index (χ1v) is 7.48. The quantitative estimate of drug-likeness (QED) is 0.732. The molecule has 0 aromatic heterocycles. The average molecular weight is 294 g/mol. The molecule has 0 aliphatic rings. The molecular weight excluding hydrogens is 268 g/mol. The van der Waals surface area contributed by atoms with Crippen LogP contribution < -0.4 is 20.5 Å². The van der Waals surface area contributed by atoms with Crippen LogP contribution >= 0.6 is 0 Å². The Balaban J connectivity index is 2.64. The zero-order valence-corrected chi connectivity index (χ0v) is 13.1. The van der Waals surface area contributed by atoms with Gasteiger partial charge in [0.25, 0.3) is 5.91 Å². The fourth-order valence-electron chi connectivity index (χ4n) is 1.71. The van der Waals surface area contributed by atoms with Crippen molar-refractivity contribution in [1.82, 2.24) is 5.32 Å². The zero-order chi connectivity index (χ0) is 15.7. The molecule has 118 valence electrons. The predicted molar refractivity (Wildman–Crippen MR) is 83.5 cm³/mol. The monoisotopic (exact) mass is 294 g/mol. The van der Waals surface area contributed by atoms with Crippen molar-refractivity contribution in [3.63, 3.8) is 0 Å². The second kappa shape index (κ2) is 9.23. The van der Waals surface area contributed by atoms with Gasteiger partial charge in [-0.2, -0.15) is 0 Å². The van der Waals surface area contributed by atoms with Gasteiger partial charge in [-0.05, 0) is 25.8 Å². The number of hydrogen-bond donors (Lipinski definition) is 2. The smallest absolute Gasteiger partial charge is 0.258 e. The molecule has 0 radical (unpaired) electrons. The Hall–Kier alpha value is -1.75. The number of rotatable bonds is 9. The Morgan fingerprint density at radius 2 is 2.10 bits per heavy atom. The molecule has 3 N–H and O–H groups in total. The molecule has 1 unspecified atom stereocenters. The van der Waals surface area contributed by atoms with Crippen molar-refractivity contribution < 1.29 is 14.3 Å². The van der Waals surface area contributed by atoms with Crippen molar-refractivity contribution in [1.29, 1.82) is 0 Å². The van der Waals surface area contributed by atoms with Crippen molar-refractivity contribution in [2.45, 2.75) is 46.2 Å². The van der Waals surface area contributed by atoms with Crippen LogP contribution in [-0.2, 0) is 11.3 Å². The third-order valence-electron chi connectivity index (χ3n) is 3.11. The molecule has 0 spiro atoms. The Morgan fingerprint density at radius 1 is 1.33 bits per heavy atom. The Labute approximate surface area is 126 Å². The normalized spacial score (nSPS) is 11.8. The number of benzene rings is 1. The summed E-state index contributed by atoms with van der Waals surface area (Å²) in [6.07, 6.45) is 1.83. The van der Waals surface area contributed by atoms with E-state index < -0.39 is 0 Å². The number of carbonyl (C=O) groups excluding carboxylic acids is 1. The Kier molecular flexibility index (Phi) is 7.61. The molecule has 0 bridgehead atoms. The van der Waals surface area contributed by atoms with Crippen LogP contribution in [-0.4, -0.2) is 25.2 Å². The lowest BCUT2D eigenvalue weighted by molar-refractivity contribution is -0.123. The highest BCUT2D eigenvalue weighted by Crippen LogP contribution is 2.24. The van der Waals surface area contributed by atoms with E-state index >= 15 is 0 Å². The number of hydrogen-bond acceptors (Lipinski definition) is 4. The van der Waals surface area contributed by atoms with Gasteiger partial charge in [-0.15, -0.1) is 0 Å². The SMILES string of the molecule is CCCOc1ccc(CN)c(OCC(=O)NC(C)CC)c1. The maximum absolute atomic E-state index is 11.7. The summed E-state index contributed by atoms with van der Waals surface area (Å²) < 4.78 is 11.1. The van der Waals surface area contributed by atoms with E-state index in [0.717, 1.165) is 24.2 Å². The van der Waals surface area contributed by atoms with Crippen LogP contribution in [0.4, 0.5) is 0 Å². The van der Waals surface area contributed by atoms with Crippen molar-refractivity contribution in [3.8, 4) is 11.5 Å². The Morgan fingerprint density at radius 3 is 2.71 bits per heavy atom. The fourth-order valence-corrected chi connectivity index (χ4v) is 1.71. The van der Waals surface area contributed by atoms with E-state index in [-0.39, 0.29) is 18.6 Å². The van der Waals surface area contributed by atoms with Crippen LogP contribution in [0.25, 0.3) is 0 Å². The molecule has 0 heterocycles. The van der Waals surface area contributed by atoms with Crippen LogP contribution in [0.5, 0.6) is 11.5 Å². The summed E-state index contributed by atoms with van der Waals surface area (Å²) in [4.78, 5) is 11.7. The second-order valence-electron chi connectivity index (χ2n) is 4.99. The molecular formula is C16H26N2O3. The zero-order valence-electron chi connectivity index (χ0n) is 13.1. The fraction of sp³-hybridized carbons (Fsp3) is 0.562. The molecule has 1 aromatic rings. The second-order valence-corrected chi connectivity index (χ2v) is 4.99. The number of carbonyl (C=O) groups is 1. The molecule has 1 amide bonds. The molecule has 1 rings (SSSR count). The molecule has 5 heteroatoms. The topological polar surface area (TPSA) is 73.6 Å². The maximum atomic E-state index is 11.7. The summed E-state index contributed by atoms with van der Waals surface area (Å²) in [7, 11) is 0. The van der Waals surface area contributed by atoms with Gasteiger partial charge in [0.05, 0.1) is 6.61 Å². The van der Waals surface area contributed by atoms with Gasteiger partial charge in [0, 0.05) is 24.2 Å². The molecule has 0 saturated heterocycles. The largest absolute Gasteiger partial charge is 0.493 e. The van der Waals surface area contributed by atoms with E-state index in [2.05, 4.69) is 5.32 Å². The molecule has 5 nitrogen and oxygen atoms in total. The van der Waals surface area contributed by atoms with E-state index in [4.69, 9.17) is 15.2 Å². The van der Waals surface area contributed by atoms with Gasteiger partial charge >= 0.3 is 0 Å². The highest BCUT2D eigenvalue weighted by atomic mass is 16.5. The highest BCUT2D eigenvalue weighted by Gasteiger charge is 2.09. The summed E-state index contributed by atoms with van der Waals surface area (Å²) >= 11 is 0. The summed E-state index contributed by atoms with van der Waals surface area (Å²) in [6, 6.07) is 5.67. The minimum absolute atomic E-state index is 0.0193. The highest BCUT2D eigenvalue weighted by molar-refractivity contribution is 5.77. The van der Waals surface area contributed by atoms with E-state index in [1.807, 2.05) is 32.9 Å². The lowest BCUT2D eigenvalue weighted by Gasteiger charge is -2.14. The van der Waals surface area contributed by atoms with E-state index in [0.29, 0.717) is 18.9 Å². The van der Waals surface area contributed by atoms with Gasteiger partial charge in [-0.25, -0.2) is 0 Å². The van der Waals surface area contributed by atoms with Crippen molar-refractivity contribution in [3.05, 3.63) is 23.8 Å². The van der Waals surface area contributed by atoms with Gasteiger partial charge in [0.1, 0.15) is 11.5 Å². The predicted octanol–water partition coefficient (Wildman–Crippen LogP) is 2.23. The standard InChI is InChI=1S/C16H26N2O3/c1-4-8-20-14-7-6-13(10-17)15(9-14)21-11-16(19)18-12(3)5-2/h6-7,9,12H,4-5,8,10-11,17H2,1-3H3,(H,18,19). The van der Waals surface area contributed by atoms with Crippen molar-refractivity contribution >= 4 is 5.91 Å². The van der Waals surface area contributed by atoms with Gasteiger partial charge in [0.2, 0.25) is 0 Å². The first-order valence-electron chi connectivity index (χ1n) is 7.48. The van der Waals surface area contributed by atoms with E-state index in [1.165, 1.54) is 0 Å². The molecule has 1 aromatic carbocycles. The first-order chi connectivity index (χ1) is 10.1. The van der Waals surface area contributed by atoms with Gasteiger partial charge in [0.15, 0.2) is 6.61 Å². The van der Waals surface area contributed by atoms with E-state index in [1.54, 1.807) is 6.07 Å². The van der Waals surface area contributed by atoms with Gasteiger partial charge in [-0.3, -0.25) is 4.79 Å². The van der Waals surface area contributed by atoms with Crippen LogP contribution in [0, 0.1) is 0 Å². The van der Waals surface area contributed by atoms with E-state index in [9.17, 15) is 4.79 Å². The third-order valence-corrected chi connectivity index (χ3v) is 3.11. The number of nitrogens with one attached hydrogen (secondary N) is 1. The molecule has 21 heavy (non-hydrogen) atoms. The Bertz CT molecular complexity index is 449. The summed E-state index contributed by atoms with van der Waals surface area (Å²) in [5.41, 5.74) is 6.54. The van der Waals surface area contributed by atoms with Crippen molar-refractivity contribution in [2.24, 2.45) is 5.73 Å². The summed E-state index contributed by atoms with van der Waals surface area (Å²) in [5, 5.41) is 2.86. The first kappa shape index (κ1) is 17.3. The summed E-state index contributed by atoms with van der Waals surface area (Å²) in [5.74, 6) is 1.20. The maximum Gasteiger partial charge on any atom is 0.258 e. The molecule has 0 fully saturated rings. The third kappa shape index (κ3) is 6.04. The van der Waals surface area contributed by atoms with Gasteiger partial charge in [-0.1, -0.05) is 19.9 Å². The number of nitrogens with two attached hydrogens (primary N) is 1. The van der Waals surface area contributed by atoms with Crippen LogP contribution in [0.3, 0.4) is 0 Å². The van der Waals surface area contributed by atoms with Gasteiger partial charge < -0.3 is 20.5 Å². The number of ether oxygens (including phenoxy) is 2. The minimum Gasteiger partial charge on any atom is -0.493 e. The molecule has 0 saturated carbocycles. The minimum atomic E-state index is -0.132. The number of amides is 1. The lowest BCUT2D eigenvalue weighted by Crippen LogP contribution is -2.35. The van der Waals surface area contributed by atoms with Crippen LogP contribution in [0.15, 0.2) is 18.2 Å². The van der Waals surface area contributed by atoms with Crippen molar-refractivity contribution in [2.75, 3.05) is 13.2 Å². The molecule has 0 aliphatic heterocycles. The van der Waals surface area contributed by atoms with Crippen LogP contribution in [0.1, 0.15) is 39.2 Å². The summed E-state index contributed by atoms with van der Waals surface area (Å²) in [6.45, 7) is 7.01. The molecule has 1 atom stereocenters. The average Bonchev–Trinajstić information content (AvgIpc) is 2.50.